The van der Waals surface area contributed by atoms with E-state index in [9.17, 15) is 0 Å². The molecule has 2 nitrogen and oxygen atoms in total. The van der Waals surface area contributed by atoms with Gasteiger partial charge in [-0.15, -0.1) is 0 Å². The molecule has 2 heteroatoms. The van der Waals surface area contributed by atoms with Crippen LogP contribution in [0.5, 0.6) is 0 Å². The minimum Gasteiger partial charge on any atom is -0.304 e. The first kappa shape index (κ1) is 9.01. The van der Waals surface area contributed by atoms with Crippen LogP contribution in [-0.2, 0) is 0 Å². The maximum absolute atomic E-state index is 2.58. The van der Waals surface area contributed by atoms with Crippen molar-refractivity contribution >= 4 is 0 Å². The van der Waals surface area contributed by atoms with Gasteiger partial charge in [-0.05, 0) is 20.0 Å². The van der Waals surface area contributed by atoms with Crippen LogP contribution in [0.25, 0.3) is 0 Å². The lowest BCUT2D eigenvalue weighted by Gasteiger charge is -2.39. The normalized spacial score (nSPS) is 29.2. The maximum atomic E-state index is 2.58. The quantitative estimate of drug-likeness (QED) is 0.589. The largest absolute Gasteiger partial charge is 0.304 e. The van der Waals surface area contributed by atoms with E-state index in [0.29, 0.717) is 0 Å². The molecule has 0 aromatic heterocycles. The van der Waals surface area contributed by atoms with Gasteiger partial charge in [0.1, 0.15) is 0 Å². The van der Waals surface area contributed by atoms with Crippen molar-refractivity contribution in [2.75, 3.05) is 33.2 Å². The Balaban J connectivity index is 2.41. The van der Waals surface area contributed by atoms with Crippen LogP contribution in [-0.4, -0.2) is 49.1 Å². The smallest absolute Gasteiger partial charge is 0.0220 e. The van der Waals surface area contributed by atoms with Crippen molar-refractivity contribution in [1.82, 2.24) is 9.80 Å². The standard InChI is InChI=1S/C9H20N2/c1-4-9-8-10(3)6-7-11(9)5-2/h9H,4-8H2,1-3H3/t9-/m0/s1. The first-order valence-corrected chi connectivity index (χ1v) is 4.70. The fourth-order valence-corrected chi connectivity index (χ4v) is 1.85. The molecule has 1 aliphatic rings. The lowest BCUT2D eigenvalue weighted by atomic mass is 10.1. The first-order valence-electron chi connectivity index (χ1n) is 4.70. The van der Waals surface area contributed by atoms with Crippen LogP contribution in [0, 0.1) is 0 Å². The molecule has 0 aromatic rings. The Morgan fingerprint density at radius 2 is 2.00 bits per heavy atom. The van der Waals surface area contributed by atoms with Crippen molar-refractivity contribution in [1.29, 1.82) is 0 Å². The van der Waals surface area contributed by atoms with Crippen molar-refractivity contribution in [3.8, 4) is 0 Å². The monoisotopic (exact) mass is 156 g/mol. The van der Waals surface area contributed by atoms with Crippen LogP contribution < -0.4 is 0 Å². The molecule has 0 aliphatic carbocycles. The van der Waals surface area contributed by atoms with Crippen LogP contribution in [0.15, 0.2) is 0 Å². The summed E-state index contributed by atoms with van der Waals surface area (Å²) in [5.74, 6) is 0. The van der Waals surface area contributed by atoms with Gasteiger partial charge in [0.05, 0.1) is 0 Å². The summed E-state index contributed by atoms with van der Waals surface area (Å²) >= 11 is 0. The zero-order valence-electron chi connectivity index (χ0n) is 8.01. The van der Waals surface area contributed by atoms with Gasteiger partial charge >= 0.3 is 0 Å². The SMILES string of the molecule is CC[C@H]1CN(C)CCN1CC. The molecule has 0 unspecified atom stereocenters. The van der Waals surface area contributed by atoms with E-state index in [-0.39, 0.29) is 0 Å². The fraction of sp³-hybridized carbons (Fsp3) is 1.00. The number of likely N-dealkylation sites (N-methyl/N-ethyl adjacent to an activating group) is 2. The number of rotatable bonds is 2. The van der Waals surface area contributed by atoms with Crippen LogP contribution >= 0.6 is 0 Å². The summed E-state index contributed by atoms with van der Waals surface area (Å²) in [7, 11) is 2.22. The van der Waals surface area contributed by atoms with E-state index < -0.39 is 0 Å². The van der Waals surface area contributed by atoms with E-state index >= 15 is 0 Å². The second-order valence-corrected chi connectivity index (χ2v) is 3.45. The summed E-state index contributed by atoms with van der Waals surface area (Å²) in [6, 6.07) is 0.804. The topological polar surface area (TPSA) is 6.48 Å². The Hall–Kier alpha value is -0.0800. The highest BCUT2D eigenvalue weighted by Crippen LogP contribution is 2.10. The van der Waals surface area contributed by atoms with Crippen LogP contribution in [0.2, 0.25) is 0 Å². The van der Waals surface area contributed by atoms with Crippen molar-refractivity contribution in [2.24, 2.45) is 0 Å². The fourth-order valence-electron chi connectivity index (χ4n) is 1.85. The molecule has 1 saturated heterocycles. The lowest BCUT2D eigenvalue weighted by Crippen LogP contribution is -2.51. The summed E-state index contributed by atoms with van der Waals surface area (Å²) in [5, 5.41) is 0. The van der Waals surface area contributed by atoms with Gasteiger partial charge in [0, 0.05) is 25.7 Å². The third-order valence-electron chi connectivity index (χ3n) is 2.69. The zero-order chi connectivity index (χ0) is 8.27. The average Bonchev–Trinajstić information content (AvgIpc) is 2.04. The van der Waals surface area contributed by atoms with Gasteiger partial charge in [-0.1, -0.05) is 13.8 Å². The van der Waals surface area contributed by atoms with Gasteiger partial charge in [-0.3, -0.25) is 4.90 Å². The molecular weight excluding hydrogens is 136 g/mol. The highest BCUT2D eigenvalue weighted by atomic mass is 15.3. The van der Waals surface area contributed by atoms with E-state index in [1.807, 2.05) is 0 Å². The summed E-state index contributed by atoms with van der Waals surface area (Å²) in [5.41, 5.74) is 0. The van der Waals surface area contributed by atoms with Gasteiger partial charge in [0.2, 0.25) is 0 Å². The highest BCUT2D eigenvalue weighted by molar-refractivity contribution is 4.78. The minimum atomic E-state index is 0.804. The Kier molecular flexibility index (Phi) is 3.34. The van der Waals surface area contributed by atoms with E-state index in [2.05, 4.69) is 30.7 Å². The molecular formula is C9H20N2. The Bertz CT molecular complexity index is 114. The summed E-state index contributed by atoms with van der Waals surface area (Å²) in [6.45, 7) is 9.51. The molecule has 66 valence electrons. The zero-order valence-corrected chi connectivity index (χ0v) is 8.01. The minimum absolute atomic E-state index is 0.804. The van der Waals surface area contributed by atoms with Crippen molar-refractivity contribution in [2.45, 2.75) is 26.3 Å². The first-order chi connectivity index (χ1) is 5.27. The van der Waals surface area contributed by atoms with Crippen molar-refractivity contribution in [3.05, 3.63) is 0 Å². The Morgan fingerprint density at radius 3 is 2.55 bits per heavy atom. The van der Waals surface area contributed by atoms with E-state index in [1.165, 1.54) is 32.6 Å². The van der Waals surface area contributed by atoms with Crippen LogP contribution in [0.1, 0.15) is 20.3 Å². The molecule has 0 saturated carbocycles. The van der Waals surface area contributed by atoms with Gasteiger partial charge in [-0.25, -0.2) is 0 Å². The molecule has 1 heterocycles. The van der Waals surface area contributed by atoms with Crippen molar-refractivity contribution in [3.63, 3.8) is 0 Å². The molecule has 0 aromatic carbocycles. The molecule has 1 aliphatic heterocycles. The molecule has 1 rings (SSSR count). The maximum Gasteiger partial charge on any atom is 0.0220 e. The highest BCUT2D eigenvalue weighted by Gasteiger charge is 2.21. The molecule has 0 amide bonds. The molecule has 11 heavy (non-hydrogen) atoms. The van der Waals surface area contributed by atoms with Gasteiger partial charge in [0.25, 0.3) is 0 Å². The molecule has 1 atom stereocenters. The van der Waals surface area contributed by atoms with E-state index in [4.69, 9.17) is 0 Å². The molecule has 0 radical (unpaired) electrons. The van der Waals surface area contributed by atoms with Crippen LogP contribution in [0.4, 0.5) is 0 Å². The third-order valence-corrected chi connectivity index (χ3v) is 2.69. The van der Waals surface area contributed by atoms with E-state index in [1.54, 1.807) is 0 Å². The Morgan fingerprint density at radius 1 is 1.27 bits per heavy atom. The van der Waals surface area contributed by atoms with E-state index in [0.717, 1.165) is 6.04 Å². The predicted octanol–water partition coefficient (Wildman–Crippen LogP) is 1.03. The molecule has 1 fully saturated rings. The Labute approximate surface area is 70.2 Å². The third kappa shape index (κ3) is 2.17. The summed E-state index contributed by atoms with van der Waals surface area (Å²) in [6.07, 6.45) is 1.29. The van der Waals surface area contributed by atoms with Gasteiger partial charge in [0.15, 0.2) is 0 Å². The number of hydrogen-bond acceptors (Lipinski definition) is 2. The number of nitrogens with zero attached hydrogens (tertiary/aromatic N) is 2. The molecule has 0 spiro atoms. The number of hydrogen-bond donors (Lipinski definition) is 0. The van der Waals surface area contributed by atoms with Gasteiger partial charge < -0.3 is 4.90 Å². The molecule has 0 bridgehead atoms. The second kappa shape index (κ2) is 4.07. The lowest BCUT2D eigenvalue weighted by molar-refractivity contribution is 0.0927. The molecule has 0 N–H and O–H groups in total. The summed E-state index contributed by atoms with van der Waals surface area (Å²) < 4.78 is 0. The van der Waals surface area contributed by atoms with Crippen molar-refractivity contribution < 1.29 is 0 Å². The second-order valence-electron chi connectivity index (χ2n) is 3.45. The summed E-state index contributed by atoms with van der Waals surface area (Å²) in [4.78, 5) is 5.01. The average molecular weight is 156 g/mol. The predicted molar refractivity (Wildman–Crippen MR) is 48.8 cm³/mol. The van der Waals surface area contributed by atoms with Gasteiger partial charge in [-0.2, -0.15) is 0 Å². The number of piperazine rings is 1. The van der Waals surface area contributed by atoms with Crippen LogP contribution in [0.3, 0.4) is 0 Å².